The number of anilines is 1. The second-order valence-corrected chi connectivity index (χ2v) is 7.97. The number of nitro benzene ring substituents is 1. The number of nitrogens with zero attached hydrogens (tertiary/aromatic N) is 1. The van der Waals surface area contributed by atoms with Gasteiger partial charge in [0.05, 0.1) is 16.2 Å². The van der Waals surface area contributed by atoms with Gasteiger partial charge in [0.1, 0.15) is 5.75 Å². The number of carbonyl (C=O) groups excluding carboxylic acids is 1. The molecule has 2 aromatic rings. The molecule has 2 aromatic carbocycles. The molecule has 0 saturated heterocycles. The standard InChI is InChI=1S/C16H11I2N3O6S/c17-8-5-11(15(23)24)14(12(18)6-8)20-16(28)19-13(22)7-27-10-3-1-9(2-4-10)21(25)26/h1-6H,7H2,(H,23,24)(H2,19,20,22,28). The maximum Gasteiger partial charge on any atom is 0.337 e. The van der Waals surface area contributed by atoms with E-state index in [1.165, 1.54) is 30.3 Å². The number of halogens is 2. The molecule has 0 aromatic heterocycles. The monoisotopic (exact) mass is 627 g/mol. The smallest absolute Gasteiger partial charge is 0.337 e. The van der Waals surface area contributed by atoms with Crippen molar-refractivity contribution in [1.29, 1.82) is 0 Å². The second kappa shape index (κ2) is 9.92. The molecule has 12 heteroatoms. The van der Waals surface area contributed by atoms with E-state index in [-0.39, 0.29) is 34.4 Å². The molecule has 0 fully saturated rings. The van der Waals surface area contributed by atoms with Crippen LogP contribution in [-0.2, 0) is 4.79 Å². The van der Waals surface area contributed by atoms with Gasteiger partial charge in [0.2, 0.25) is 0 Å². The van der Waals surface area contributed by atoms with Gasteiger partial charge in [0.25, 0.3) is 11.6 Å². The molecular formula is C16H11I2N3O6S. The number of benzene rings is 2. The minimum Gasteiger partial charge on any atom is -0.484 e. The van der Waals surface area contributed by atoms with E-state index in [2.05, 4.69) is 10.6 Å². The summed E-state index contributed by atoms with van der Waals surface area (Å²) in [5.74, 6) is -1.43. The minimum atomic E-state index is -1.13. The number of carboxylic acid groups (broad SMARTS) is 1. The molecule has 0 aliphatic heterocycles. The molecule has 3 N–H and O–H groups in total. The summed E-state index contributed by atoms with van der Waals surface area (Å²) >= 11 is 9.03. The Balaban J connectivity index is 1.95. The predicted molar refractivity (Wildman–Crippen MR) is 122 cm³/mol. The van der Waals surface area contributed by atoms with Crippen LogP contribution in [0.5, 0.6) is 5.75 Å². The first-order valence-electron chi connectivity index (χ1n) is 7.38. The molecule has 0 aliphatic carbocycles. The summed E-state index contributed by atoms with van der Waals surface area (Å²) in [4.78, 5) is 33.4. The van der Waals surface area contributed by atoms with Gasteiger partial charge < -0.3 is 15.2 Å². The number of ether oxygens (including phenoxy) is 1. The fourth-order valence-electron chi connectivity index (χ4n) is 1.99. The molecule has 0 saturated carbocycles. The second-order valence-electron chi connectivity index (χ2n) is 5.16. The lowest BCUT2D eigenvalue weighted by molar-refractivity contribution is -0.384. The maximum atomic E-state index is 12.0. The lowest BCUT2D eigenvalue weighted by atomic mass is 10.2. The zero-order valence-corrected chi connectivity index (χ0v) is 18.9. The SMILES string of the molecule is O=C(COc1ccc([N+](=O)[O-])cc1)NC(=S)Nc1c(I)cc(I)cc1C(=O)O. The van der Waals surface area contributed by atoms with Crippen molar-refractivity contribution in [3.8, 4) is 5.75 Å². The average molecular weight is 627 g/mol. The topological polar surface area (TPSA) is 131 Å². The van der Waals surface area contributed by atoms with Crippen molar-refractivity contribution in [1.82, 2.24) is 5.32 Å². The number of amides is 1. The van der Waals surface area contributed by atoms with Gasteiger partial charge in [-0.25, -0.2) is 4.79 Å². The summed E-state index contributed by atoms with van der Waals surface area (Å²) < 4.78 is 6.61. The van der Waals surface area contributed by atoms with Gasteiger partial charge >= 0.3 is 5.97 Å². The van der Waals surface area contributed by atoms with Gasteiger partial charge in [-0.3, -0.25) is 20.2 Å². The van der Waals surface area contributed by atoms with E-state index in [4.69, 9.17) is 17.0 Å². The quantitative estimate of drug-likeness (QED) is 0.193. The lowest BCUT2D eigenvalue weighted by Crippen LogP contribution is -2.37. The van der Waals surface area contributed by atoms with E-state index in [9.17, 15) is 24.8 Å². The summed E-state index contributed by atoms with van der Waals surface area (Å²) in [7, 11) is 0. The van der Waals surface area contributed by atoms with Gasteiger partial charge in [-0.05, 0) is 81.7 Å². The van der Waals surface area contributed by atoms with Crippen LogP contribution >= 0.6 is 57.4 Å². The van der Waals surface area contributed by atoms with Crippen molar-refractivity contribution in [3.05, 3.63) is 59.2 Å². The van der Waals surface area contributed by atoms with Crippen LogP contribution in [-0.4, -0.2) is 33.6 Å². The minimum absolute atomic E-state index is 0.0232. The van der Waals surface area contributed by atoms with E-state index in [1.807, 2.05) is 45.2 Å². The Morgan fingerprint density at radius 3 is 2.43 bits per heavy atom. The highest BCUT2D eigenvalue weighted by Gasteiger charge is 2.16. The number of aromatic carboxylic acids is 1. The molecule has 0 aliphatic rings. The molecule has 0 heterocycles. The Kier molecular flexibility index (Phi) is 7.88. The van der Waals surface area contributed by atoms with Crippen LogP contribution in [0.25, 0.3) is 0 Å². The maximum absolute atomic E-state index is 12.0. The third-order valence-electron chi connectivity index (χ3n) is 3.19. The summed E-state index contributed by atoms with van der Waals surface area (Å²) in [6.07, 6.45) is 0. The van der Waals surface area contributed by atoms with E-state index in [1.54, 1.807) is 6.07 Å². The van der Waals surface area contributed by atoms with Crippen LogP contribution in [0.2, 0.25) is 0 Å². The first-order chi connectivity index (χ1) is 13.2. The van der Waals surface area contributed by atoms with E-state index in [0.717, 1.165) is 3.57 Å². The highest BCUT2D eigenvalue weighted by atomic mass is 127. The zero-order valence-electron chi connectivity index (χ0n) is 13.8. The fourth-order valence-corrected chi connectivity index (χ4v) is 4.19. The van der Waals surface area contributed by atoms with Crippen LogP contribution in [0.1, 0.15) is 10.4 Å². The van der Waals surface area contributed by atoms with Crippen molar-refractivity contribution in [2.24, 2.45) is 0 Å². The van der Waals surface area contributed by atoms with Crippen molar-refractivity contribution >= 4 is 85.8 Å². The normalized spacial score (nSPS) is 10.1. The molecule has 28 heavy (non-hydrogen) atoms. The van der Waals surface area contributed by atoms with Gasteiger partial charge in [0.15, 0.2) is 11.7 Å². The highest BCUT2D eigenvalue weighted by molar-refractivity contribution is 14.1. The van der Waals surface area contributed by atoms with Crippen LogP contribution in [0.4, 0.5) is 11.4 Å². The highest BCUT2D eigenvalue weighted by Crippen LogP contribution is 2.26. The Labute approximate surface area is 191 Å². The number of carboxylic acids is 1. The number of thiocarbonyl (C=S) groups is 1. The molecular weight excluding hydrogens is 616 g/mol. The summed E-state index contributed by atoms with van der Waals surface area (Å²) in [6.45, 7) is -0.380. The summed E-state index contributed by atoms with van der Waals surface area (Å²) in [6, 6.07) is 8.49. The third kappa shape index (κ3) is 6.23. The fraction of sp³-hybridized carbons (Fsp3) is 0.0625. The largest absolute Gasteiger partial charge is 0.484 e. The van der Waals surface area contributed by atoms with E-state index < -0.39 is 16.8 Å². The predicted octanol–water partition coefficient (Wildman–Crippen LogP) is 3.39. The Morgan fingerprint density at radius 1 is 1.21 bits per heavy atom. The van der Waals surface area contributed by atoms with Crippen LogP contribution in [0.15, 0.2) is 36.4 Å². The van der Waals surface area contributed by atoms with Gasteiger partial charge in [-0.15, -0.1) is 0 Å². The number of nitrogens with one attached hydrogen (secondary N) is 2. The first kappa shape index (κ1) is 22.2. The Bertz CT molecular complexity index is 952. The molecule has 0 atom stereocenters. The number of hydrogen-bond donors (Lipinski definition) is 3. The van der Waals surface area contributed by atoms with Crippen molar-refractivity contribution in [2.45, 2.75) is 0 Å². The molecule has 0 unspecified atom stereocenters. The van der Waals surface area contributed by atoms with Crippen molar-refractivity contribution in [2.75, 3.05) is 11.9 Å². The van der Waals surface area contributed by atoms with Gasteiger partial charge in [-0.1, -0.05) is 0 Å². The molecule has 0 spiro atoms. The molecule has 2 rings (SSSR count). The molecule has 9 nitrogen and oxygen atoms in total. The lowest BCUT2D eigenvalue weighted by Gasteiger charge is -2.14. The molecule has 146 valence electrons. The Morgan fingerprint density at radius 2 is 1.86 bits per heavy atom. The number of rotatable bonds is 6. The first-order valence-corrected chi connectivity index (χ1v) is 9.94. The number of non-ortho nitro benzene ring substituents is 1. The van der Waals surface area contributed by atoms with E-state index >= 15 is 0 Å². The Hall–Kier alpha value is -2.07. The third-order valence-corrected chi connectivity index (χ3v) is 4.87. The van der Waals surface area contributed by atoms with Crippen LogP contribution < -0.4 is 15.4 Å². The van der Waals surface area contributed by atoms with Crippen LogP contribution in [0, 0.1) is 17.3 Å². The number of carbonyl (C=O) groups is 2. The van der Waals surface area contributed by atoms with Gasteiger partial charge in [0, 0.05) is 19.3 Å². The summed E-state index contributed by atoms with van der Waals surface area (Å²) in [5, 5.41) is 24.9. The zero-order chi connectivity index (χ0) is 20.8. The molecule has 0 bridgehead atoms. The van der Waals surface area contributed by atoms with Gasteiger partial charge in [-0.2, -0.15) is 0 Å². The average Bonchev–Trinajstić information content (AvgIpc) is 2.62. The number of nitro groups is 1. The van der Waals surface area contributed by atoms with Crippen molar-refractivity contribution in [3.63, 3.8) is 0 Å². The van der Waals surface area contributed by atoms with E-state index in [0.29, 0.717) is 3.57 Å². The molecule has 1 amide bonds. The number of hydrogen-bond acceptors (Lipinski definition) is 6. The molecule has 0 radical (unpaired) electrons. The summed E-state index contributed by atoms with van der Waals surface area (Å²) in [5.41, 5.74) is 0.202. The van der Waals surface area contributed by atoms with Crippen molar-refractivity contribution < 1.29 is 24.4 Å². The van der Waals surface area contributed by atoms with Crippen LogP contribution in [0.3, 0.4) is 0 Å².